The number of hydrogen-bond acceptors (Lipinski definition) is 4. The molecule has 4 rings (SSSR count). The van der Waals surface area contributed by atoms with E-state index >= 15 is 0 Å². The maximum absolute atomic E-state index is 11.4. The van der Waals surface area contributed by atoms with Gasteiger partial charge in [-0.05, 0) is 85.3 Å². The van der Waals surface area contributed by atoms with Crippen LogP contribution in [0.3, 0.4) is 0 Å². The molecule has 2 aromatic rings. The summed E-state index contributed by atoms with van der Waals surface area (Å²) in [4.78, 5) is 11.4. The molecule has 2 aromatic carbocycles. The van der Waals surface area contributed by atoms with Gasteiger partial charge in [0.1, 0.15) is 11.9 Å². The van der Waals surface area contributed by atoms with Gasteiger partial charge in [-0.15, -0.1) is 0 Å². The van der Waals surface area contributed by atoms with Crippen molar-refractivity contribution < 1.29 is 14.6 Å². The largest absolute Gasteiger partial charge is 0.494 e. The van der Waals surface area contributed by atoms with Crippen molar-refractivity contribution in [3.8, 4) is 5.75 Å². The SMILES string of the molecule is CCCCCCOc1ccc2c(c1)CNC(c1ccc(C(CCCC)C3CCC(C(=O)O)CC3)cc1)N2. The molecular weight excluding hydrogens is 460 g/mol. The summed E-state index contributed by atoms with van der Waals surface area (Å²) in [6.07, 6.45) is 12.3. The normalized spacial score (nSPS) is 22.1. The molecule has 1 saturated carbocycles. The third-order valence-corrected chi connectivity index (χ3v) is 8.40. The number of benzene rings is 2. The van der Waals surface area contributed by atoms with E-state index in [1.807, 2.05) is 0 Å². The number of nitrogens with one attached hydrogen (secondary N) is 2. The average molecular weight is 507 g/mol. The lowest BCUT2D eigenvalue weighted by Crippen LogP contribution is -2.32. The number of carboxylic acids is 1. The fourth-order valence-corrected chi connectivity index (χ4v) is 6.09. The Kier molecular flexibility index (Phi) is 10.3. The molecule has 0 amide bonds. The number of hydrogen-bond donors (Lipinski definition) is 3. The van der Waals surface area contributed by atoms with E-state index in [0.29, 0.717) is 11.8 Å². The lowest BCUT2D eigenvalue weighted by atomic mass is 9.72. The first-order chi connectivity index (χ1) is 18.1. The minimum Gasteiger partial charge on any atom is -0.494 e. The maximum atomic E-state index is 11.4. The summed E-state index contributed by atoms with van der Waals surface area (Å²) in [5.41, 5.74) is 5.07. The zero-order valence-corrected chi connectivity index (χ0v) is 22.8. The summed E-state index contributed by atoms with van der Waals surface area (Å²) in [5.74, 6) is 1.31. The number of rotatable bonds is 13. The van der Waals surface area contributed by atoms with Crippen molar-refractivity contribution in [2.45, 2.75) is 103 Å². The van der Waals surface area contributed by atoms with Gasteiger partial charge in [-0.2, -0.15) is 0 Å². The highest BCUT2D eigenvalue weighted by Gasteiger charge is 2.31. The van der Waals surface area contributed by atoms with Gasteiger partial charge in [0.2, 0.25) is 0 Å². The highest BCUT2D eigenvalue weighted by molar-refractivity contribution is 5.70. The number of unbranched alkanes of at least 4 members (excludes halogenated alkanes) is 4. The van der Waals surface area contributed by atoms with Gasteiger partial charge in [0.15, 0.2) is 0 Å². The lowest BCUT2D eigenvalue weighted by molar-refractivity contribution is -0.143. The van der Waals surface area contributed by atoms with Crippen LogP contribution in [0.2, 0.25) is 0 Å². The lowest BCUT2D eigenvalue weighted by Gasteiger charge is -2.33. The minimum absolute atomic E-state index is 0.0856. The fourth-order valence-electron chi connectivity index (χ4n) is 6.09. The third-order valence-electron chi connectivity index (χ3n) is 8.40. The van der Waals surface area contributed by atoms with Crippen LogP contribution in [-0.2, 0) is 11.3 Å². The Morgan fingerprint density at radius 3 is 2.43 bits per heavy atom. The first-order valence-electron chi connectivity index (χ1n) is 14.7. The van der Waals surface area contributed by atoms with Gasteiger partial charge in [0.05, 0.1) is 12.5 Å². The van der Waals surface area contributed by atoms with Crippen LogP contribution < -0.4 is 15.4 Å². The van der Waals surface area contributed by atoms with Crippen LogP contribution in [0.4, 0.5) is 5.69 Å². The molecule has 0 radical (unpaired) electrons. The number of carboxylic acid groups (broad SMARTS) is 1. The van der Waals surface area contributed by atoms with Crippen molar-refractivity contribution in [3.05, 3.63) is 59.2 Å². The standard InChI is InChI=1S/C32H46N2O3/c1-3-5-7-8-20-37-28-18-19-30-27(21-28)22-33-31(34-30)25-14-10-23(11-15-25)29(9-6-4-2)24-12-16-26(17-13-24)32(35)36/h10-11,14-15,18-19,21,24,26,29,31,33-34H,3-9,12-13,16-17,20,22H2,1-2H3,(H,35,36). The van der Waals surface area contributed by atoms with E-state index < -0.39 is 5.97 Å². The topological polar surface area (TPSA) is 70.6 Å². The van der Waals surface area contributed by atoms with Gasteiger partial charge in [0, 0.05) is 12.2 Å². The summed E-state index contributed by atoms with van der Waals surface area (Å²) in [6, 6.07) is 15.5. The monoisotopic (exact) mass is 506 g/mol. The molecule has 5 nitrogen and oxygen atoms in total. The summed E-state index contributed by atoms with van der Waals surface area (Å²) in [7, 11) is 0. The van der Waals surface area contributed by atoms with E-state index in [9.17, 15) is 9.90 Å². The predicted molar refractivity (Wildman–Crippen MR) is 151 cm³/mol. The Morgan fingerprint density at radius 1 is 0.973 bits per heavy atom. The second-order valence-electron chi connectivity index (χ2n) is 11.1. The number of anilines is 1. The van der Waals surface area contributed by atoms with Gasteiger partial charge in [-0.25, -0.2) is 0 Å². The molecule has 3 N–H and O–H groups in total. The third kappa shape index (κ3) is 7.50. The van der Waals surface area contributed by atoms with Crippen LogP contribution >= 0.6 is 0 Å². The number of fused-ring (bicyclic) bond motifs is 1. The molecule has 202 valence electrons. The summed E-state index contributed by atoms with van der Waals surface area (Å²) in [6.45, 7) is 6.08. The van der Waals surface area contributed by atoms with Crippen LogP contribution in [0.5, 0.6) is 5.75 Å². The molecule has 2 aliphatic rings. The zero-order chi connectivity index (χ0) is 26.0. The van der Waals surface area contributed by atoms with E-state index in [4.69, 9.17) is 4.74 Å². The van der Waals surface area contributed by atoms with Crippen molar-refractivity contribution in [1.82, 2.24) is 5.32 Å². The smallest absolute Gasteiger partial charge is 0.306 e. The molecule has 1 aliphatic heterocycles. The first kappa shape index (κ1) is 27.5. The molecule has 37 heavy (non-hydrogen) atoms. The van der Waals surface area contributed by atoms with Crippen LogP contribution in [-0.4, -0.2) is 17.7 Å². The van der Waals surface area contributed by atoms with E-state index in [2.05, 4.69) is 66.9 Å². The van der Waals surface area contributed by atoms with E-state index in [1.54, 1.807) is 0 Å². The molecule has 0 aromatic heterocycles. The molecule has 1 aliphatic carbocycles. The van der Waals surface area contributed by atoms with E-state index in [1.165, 1.54) is 60.9 Å². The molecule has 5 heteroatoms. The van der Waals surface area contributed by atoms with Gasteiger partial charge in [-0.1, -0.05) is 70.2 Å². The predicted octanol–water partition coefficient (Wildman–Crippen LogP) is 8.02. The summed E-state index contributed by atoms with van der Waals surface area (Å²) in [5, 5.41) is 16.7. The fraction of sp³-hybridized carbons (Fsp3) is 0.594. The zero-order valence-electron chi connectivity index (χ0n) is 22.8. The molecule has 1 fully saturated rings. The maximum Gasteiger partial charge on any atom is 0.306 e. The molecule has 2 atom stereocenters. The highest BCUT2D eigenvalue weighted by Crippen LogP contribution is 2.41. The van der Waals surface area contributed by atoms with Crippen LogP contribution in [0, 0.1) is 11.8 Å². The first-order valence-corrected chi connectivity index (χ1v) is 14.7. The van der Waals surface area contributed by atoms with Crippen molar-refractivity contribution >= 4 is 11.7 Å². The molecule has 1 heterocycles. The number of carbonyl (C=O) groups is 1. The van der Waals surface area contributed by atoms with Gasteiger partial charge < -0.3 is 15.2 Å². The van der Waals surface area contributed by atoms with Gasteiger partial charge >= 0.3 is 5.97 Å². The van der Waals surface area contributed by atoms with E-state index in [-0.39, 0.29) is 12.1 Å². The Bertz CT molecular complexity index is 982. The van der Waals surface area contributed by atoms with Crippen LogP contribution in [0.25, 0.3) is 0 Å². The van der Waals surface area contributed by atoms with Crippen molar-refractivity contribution in [2.24, 2.45) is 11.8 Å². The summed E-state index contributed by atoms with van der Waals surface area (Å²) < 4.78 is 5.98. The second-order valence-corrected chi connectivity index (χ2v) is 11.1. The van der Waals surface area contributed by atoms with Crippen molar-refractivity contribution in [2.75, 3.05) is 11.9 Å². The van der Waals surface area contributed by atoms with Crippen LogP contribution in [0.15, 0.2) is 42.5 Å². The second kappa shape index (κ2) is 13.9. The Morgan fingerprint density at radius 2 is 1.73 bits per heavy atom. The van der Waals surface area contributed by atoms with Crippen molar-refractivity contribution in [3.63, 3.8) is 0 Å². The number of aliphatic carboxylic acids is 1. The average Bonchev–Trinajstić information content (AvgIpc) is 2.93. The van der Waals surface area contributed by atoms with Crippen LogP contribution in [0.1, 0.15) is 113 Å². The Balaban J connectivity index is 1.36. The molecule has 0 saturated heterocycles. The summed E-state index contributed by atoms with van der Waals surface area (Å²) >= 11 is 0. The van der Waals surface area contributed by atoms with Crippen molar-refractivity contribution in [1.29, 1.82) is 0 Å². The highest BCUT2D eigenvalue weighted by atomic mass is 16.5. The minimum atomic E-state index is -0.617. The van der Waals surface area contributed by atoms with Gasteiger partial charge in [-0.3, -0.25) is 10.1 Å². The molecule has 0 bridgehead atoms. The molecule has 2 unspecified atom stereocenters. The molecule has 0 spiro atoms. The molecular formula is C32H46N2O3. The quantitative estimate of drug-likeness (QED) is 0.240. The Hall–Kier alpha value is -2.53. The van der Waals surface area contributed by atoms with Gasteiger partial charge in [0.25, 0.3) is 0 Å². The van der Waals surface area contributed by atoms with E-state index in [0.717, 1.165) is 51.0 Å². The Labute approximate surface area is 223 Å². The number of ether oxygens (including phenoxy) is 1.